The molecule has 0 aliphatic carbocycles. The zero-order valence-corrected chi connectivity index (χ0v) is 7.98. The minimum Gasteiger partial charge on any atom is -0.330 e. The molecule has 2 heteroatoms. The third kappa shape index (κ3) is 4.14. The Hall–Kier alpha value is -0.370. The number of Topliss-reactive ketones (excluding diaryl/α,β-unsaturated/α-hetero) is 1. The van der Waals surface area contributed by atoms with Gasteiger partial charge in [-0.3, -0.25) is 4.79 Å². The maximum Gasteiger partial charge on any atom is 0.138 e. The minimum absolute atomic E-state index is 0.205. The van der Waals surface area contributed by atoms with Crippen molar-refractivity contribution in [2.75, 3.05) is 6.54 Å². The molecule has 0 saturated heterocycles. The minimum atomic E-state index is -0.205. The van der Waals surface area contributed by atoms with Gasteiger partial charge in [0.15, 0.2) is 0 Å². The highest BCUT2D eigenvalue weighted by atomic mass is 16.1. The maximum absolute atomic E-state index is 11.4. The van der Waals surface area contributed by atoms with Gasteiger partial charge in [0.1, 0.15) is 5.78 Å². The van der Waals surface area contributed by atoms with Crippen LogP contribution in [-0.4, -0.2) is 12.3 Å². The summed E-state index contributed by atoms with van der Waals surface area (Å²) in [6, 6.07) is 0. The first-order valence-electron chi connectivity index (χ1n) is 4.11. The first-order valence-corrected chi connectivity index (χ1v) is 4.11. The molecule has 0 aromatic heterocycles. The lowest BCUT2D eigenvalue weighted by atomic mass is 9.86. The van der Waals surface area contributed by atoms with E-state index in [1.54, 1.807) is 0 Å². The molecule has 2 N–H and O–H groups in total. The van der Waals surface area contributed by atoms with Crippen LogP contribution in [0.4, 0.5) is 0 Å². The Morgan fingerprint density at radius 1 is 1.45 bits per heavy atom. The fourth-order valence-electron chi connectivity index (χ4n) is 0.706. The van der Waals surface area contributed by atoms with E-state index in [-0.39, 0.29) is 5.41 Å². The Bertz CT molecular complexity index is 135. The van der Waals surface area contributed by atoms with Crippen molar-refractivity contribution in [1.29, 1.82) is 0 Å². The van der Waals surface area contributed by atoms with Crippen molar-refractivity contribution in [3.05, 3.63) is 0 Å². The summed E-state index contributed by atoms with van der Waals surface area (Å²) in [5, 5.41) is 0. The molecule has 2 nitrogen and oxygen atoms in total. The summed E-state index contributed by atoms with van der Waals surface area (Å²) in [7, 11) is 0. The molecule has 0 rings (SSSR count). The van der Waals surface area contributed by atoms with Gasteiger partial charge in [-0.15, -0.1) is 0 Å². The Kier molecular flexibility index (Phi) is 3.73. The van der Waals surface area contributed by atoms with Crippen LogP contribution in [0.2, 0.25) is 0 Å². The zero-order chi connectivity index (χ0) is 9.07. The van der Waals surface area contributed by atoms with Crippen LogP contribution in [0.3, 0.4) is 0 Å². The summed E-state index contributed by atoms with van der Waals surface area (Å²) >= 11 is 0. The van der Waals surface area contributed by atoms with Crippen molar-refractivity contribution in [2.45, 2.75) is 34.1 Å². The van der Waals surface area contributed by atoms with Gasteiger partial charge in [0, 0.05) is 11.8 Å². The fraction of sp³-hybridized carbons (Fsp3) is 0.889. The van der Waals surface area contributed by atoms with Crippen molar-refractivity contribution in [3.63, 3.8) is 0 Å². The van der Waals surface area contributed by atoms with Crippen molar-refractivity contribution in [2.24, 2.45) is 17.1 Å². The average molecular weight is 157 g/mol. The Labute approximate surface area is 69.2 Å². The van der Waals surface area contributed by atoms with E-state index in [4.69, 9.17) is 5.73 Å². The van der Waals surface area contributed by atoms with E-state index in [0.29, 0.717) is 24.7 Å². The number of rotatable bonds is 3. The fourth-order valence-corrected chi connectivity index (χ4v) is 0.706. The van der Waals surface area contributed by atoms with Crippen LogP contribution < -0.4 is 5.73 Å². The molecule has 0 aromatic rings. The van der Waals surface area contributed by atoms with E-state index in [1.807, 2.05) is 27.7 Å². The molecule has 11 heavy (non-hydrogen) atoms. The zero-order valence-electron chi connectivity index (χ0n) is 7.98. The van der Waals surface area contributed by atoms with E-state index in [1.165, 1.54) is 0 Å². The Balaban J connectivity index is 3.88. The number of hydrogen-bond donors (Lipinski definition) is 1. The van der Waals surface area contributed by atoms with Crippen LogP contribution in [0.1, 0.15) is 34.1 Å². The molecule has 0 aromatic carbocycles. The predicted molar refractivity (Wildman–Crippen MR) is 47.3 cm³/mol. The van der Waals surface area contributed by atoms with E-state index in [9.17, 15) is 4.79 Å². The molecule has 0 aliphatic rings. The topological polar surface area (TPSA) is 43.1 Å². The first-order chi connectivity index (χ1) is 4.88. The number of carbonyl (C=O) groups is 1. The average Bonchev–Trinajstić information content (AvgIpc) is 1.85. The highest BCUT2D eigenvalue weighted by Gasteiger charge is 2.22. The van der Waals surface area contributed by atoms with Crippen LogP contribution in [0.5, 0.6) is 0 Å². The molecule has 1 atom stereocenters. The summed E-state index contributed by atoms with van der Waals surface area (Å²) in [5.41, 5.74) is 5.21. The number of ketones is 1. The largest absolute Gasteiger partial charge is 0.330 e. The quantitative estimate of drug-likeness (QED) is 0.676. The second-order valence-electron chi connectivity index (χ2n) is 4.22. The third-order valence-corrected chi connectivity index (χ3v) is 1.77. The predicted octanol–water partition coefficient (Wildman–Crippen LogP) is 1.59. The van der Waals surface area contributed by atoms with Gasteiger partial charge in [-0.2, -0.15) is 0 Å². The van der Waals surface area contributed by atoms with Gasteiger partial charge in [0.05, 0.1) is 0 Å². The van der Waals surface area contributed by atoms with E-state index >= 15 is 0 Å². The number of hydrogen-bond acceptors (Lipinski definition) is 2. The number of carbonyl (C=O) groups excluding carboxylic acids is 1. The smallest absolute Gasteiger partial charge is 0.138 e. The van der Waals surface area contributed by atoms with Crippen molar-refractivity contribution >= 4 is 5.78 Å². The molecule has 0 spiro atoms. The second-order valence-corrected chi connectivity index (χ2v) is 4.22. The van der Waals surface area contributed by atoms with Crippen molar-refractivity contribution in [3.8, 4) is 0 Å². The van der Waals surface area contributed by atoms with Gasteiger partial charge in [-0.05, 0) is 12.5 Å². The van der Waals surface area contributed by atoms with Crippen LogP contribution in [0, 0.1) is 11.3 Å². The molecule has 0 fully saturated rings. The molecular formula is C9H19NO. The lowest BCUT2D eigenvalue weighted by Gasteiger charge is -2.18. The van der Waals surface area contributed by atoms with Crippen LogP contribution in [-0.2, 0) is 4.79 Å². The van der Waals surface area contributed by atoms with Gasteiger partial charge >= 0.3 is 0 Å². The van der Waals surface area contributed by atoms with Gasteiger partial charge in [0.2, 0.25) is 0 Å². The molecule has 0 aliphatic heterocycles. The van der Waals surface area contributed by atoms with Gasteiger partial charge < -0.3 is 5.73 Å². The van der Waals surface area contributed by atoms with Crippen LogP contribution in [0.15, 0.2) is 0 Å². The van der Waals surface area contributed by atoms with E-state index in [0.717, 1.165) is 0 Å². The van der Waals surface area contributed by atoms with E-state index in [2.05, 4.69) is 0 Å². The summed E-state index contributed by atoms with van der Waals surface area (Å²) in [4.78, 5) is 11.4. The molecule has 0 bridgehead atoms. The number of nitrogens with two attached hydrogens (primary N) is 1. The second kappa shape index (κ2) is 3.86. The monoisotopic (exact) mass is 157 g/mol. The standard InChI is InChI=1S/C9H19NO/c1-7(6-10)5-8(11)9(2,3)4/h7H,5-6,10H2,1-4H3. The third-order valence-electron chi connectivity index (χ3n) is 1.77. The molecule has 0 amide bonds. The molecule has 1 unspecified atom stereocenters. The van der Waals surface area contributed by atoms with Crippen LogP contribution >= 0.6 is 0 Å². The van der Waals surface area contributed by atoms with Gasteiger partial charge in [0.25, 0.3) is 0 Å². The Morgan fingerprint density at radius 3 is 2.18 bits per heavy atom. The lowest BCUT2D eigenvalue weighted by molar-refractivity contribution is -0.127. The summed E-state index contributed by atoms with van der Waals surface area (Å²) in [6.45, 7) is 8.43. The van der Waals surface area contributed by atoms with Crippen molar-refractivity contribution < 1.29 is 4.79 Å². The highest BCUT2D eigenvalue weighted by molar-refractivity contribution is 5.83. The molecular weight excluding hydrogens is 138 g/mol. The molecule has 0 saturated carbocycles. The van der Waals surface area contributed by atoms with Crippen molar-refractivity contribution in [1.82, 2.24) is 0 Å². The molecule has 0 heterocycles. The normalized spacial score (nSPS) is 14.6. The van der Waals surface area contributed by atoms with E-state index < -0.39 is 0 Å². The lowest BCUT2D eigenvalue weighted by Crippen LogP contribution is -2.24. The van der Waals surface area contributed by atoms with Crippen LogP contribution in [0.25, 0.3) is 0 Å². The summed E-state index contributed by atoms with van der Waals surface area (Å²) in [5.74, 6) is 0.622. The summed E-state index contributed by atoms with van der Waals surface area (Å²) < 4.78 is 0. The summed E-state index contributed by atoms with van der Waals surface area (Å²) in [6.07, 6.45) is 0.611. The molecule has 66 valence electrons. The first kappa shape index (κ1) is 10.6. The Morgan fingerprint density at radius 2 is 1.91 bits per heavy atom. The highest BCUT2D eigenvalue weighted by Crippen LogP contribution is 2.19. The van der Waals surface area contributed by atoms with Gasteiger partial charge in [-0.25, -0.2) is 0 Å². The van der Waals surface area contributed by atoms with Gasteiger partial charge in [-0.1, -0.05) is 27.7 Å². The SMILES string of the molecule is CC(CN)CC(=O)C(C)(C)C. The molecule has 0 radical (unpaired) electrons. The maximum atomic E-state index is 11.4.